The number of nitrogens with one attached hydrogen (secondary N) is 1. The Hall–Kier alpha value is -2.43. The summed E-state index contributed by atoms with van der Waals surface area (Å²) in [7, 11) is 1.65. The average Bonchev–Trinajstić information content (AvgIpc) is 3.05. The van der Waals surface area contributed by atoms with Crippen molar-refractivity contribution in [1.82, 2.24) is 15.3 Å². The number of hydrogen-bond acceptors (Lipinski definition) is 4. The maximum absolute atomic E-state index is 12.5. The zero-order chi connectivity index (χ0) is 15.4. The molecule has 1 aliphatic rings. The Morgan fingerprint density at radius 2 is 2.09 bits per heavy atom. The van der Waals surface area contributed by atoms with Crippen LogP contribution in [0.25, 0.3) is 0 Å². The van der Waals surface area contributed by atoms with Gasteiger partial charge in [0, 0.05) is 12.4 Å². The van der Waals surface area contributed by atoms with E-state index in [0.29, 0.717) is 5.69 Å². The molecule has 1 fully saturated rings. The van der Waals surface area contributed by atoms with Gasteiger partial charge in [-0.2, -0.15) is 0 Å². The first-order chi connectivity index (χ1) is 10.7. The van der Waals surface area contributed by atoms with Crippen LogP contribution in [0.4, 0.5) is 0 Å². The first-order valence-corrected chi connectivity index (χ1v) is 7.47. The molecule has 114 valence electrons. The lowest BCUT2D eigenvalue weighted by Gasteiger charge is -2.31. The summed E-state index contributed by atoms with van der Waals surface area (Å²) in [5.41, 5.74) is 1.08. The summed E-state index contributed by atoms with van der Waals surface area (Å²) in [6.07, 6.45) is 8.61. The van der Waals surface area contributed by atoms with E-state index in [1.165, 1.54) is 12.4 Å². The molecule has 1 aliphatic carbocycles. The summed E-state index contributed by atoms with van der Waals surface area (Å²) in [4.78, 5) is 20.5. The quantitative estimate of drug-likeness (QED) is 0.942. The zero-order valence-corrected chi connectivity index (χ0v) is 12.6. The molecule has 5 heteroatoms. The Morgan fingerprint density at radius 3 is 2.77 bits per heavy atom. The number of methoxy groups -OCH3 is 1. The summed E-state index contributed by atoms with van der Waals surface area (Å²) < 4.78 is 5.31. The molecule has 22 heavy (non-hydrogen) atoms. The van der Waals surface area contributed by atoms with Crippen LogP contribution < -0.4 is 10.1 Å². The topological polar surface area (TPSA) is 64.1 Å². The van der Waals surface area contributed by atoms with E-state index in [9.17, 15) is 4.79 Å². The summed E-state index contributed by atoms with van der Waals surface area (Å²) in [6, 6.07) is 7.92. The second-order valence-corrected chi connectivity index (χ2v) is 5.57. The molecule has 1 aromatic carbocycles. The lowest BCUT2D eigenvalue weighted by Crippen LogP contribution is -2.44. The number of ether oxygens (including phenoxy) is 1. The molecule has 0 unspecified atom stereocenters. The number of benzene rings is 1. The van der Waals surface area contributed by atoms with E-state index in [4.69, 9.17) is 4.74 Å². The van der Waals surface area contributed by atoms with Crippen molar-refractivity contribution < 1.29 is 9.53 Å². The molecular formula is C17H19N3O2. The number of carbonyl (C=O) groups excluding carboxylic acids is 1. The van der Waals surface area contributed by atoms with Crippen molar-refractivity contribution in [1.29, 1.82) is 0 Å². The van der Waals surface area contributed by atoms with Crippen molar-refractivity contribution >= 4 is 5.91 Å². The van der Waals surface area contributed by atoms with E-state index in [0.717, 1.165) is 37.0 Å². The Morgan fingerprint density at radius 1 is 1.27 bits per heavy atom. The molecule has 1 saturated carbocycles. The predicted molar refractivity (Wildman–Crippen MR) is 82.6 cm³/mol. The van der Waals surface area contributed by atoms with Gasteiger partial charge >= 0.3 is 0 Å². The third kappa shape index (κ3) is 2.79. The molecule has 0 atom stereocenters. The minimum absolute atomic E-state index is 0.183. The van der Waals surface area contributed by atoms with Crippen molar-refractivity contribution in [3.8, 4) is 5.75 Å². The molecule has 2 aromatic rings. The molecule has 0 bridgehead atoms. The fourth-order valence-corrected chi connectivity index (χ4v) is 3.08. The second-order valence-electron chi connectivity index (χ2n) is 5.57. The number of hydrogen-bond donors (Lipinski definition) is 1. The molecular weight excluding hydrogens is 278 g/mol. The fraction of sp³-hybridized carbons (Fsp3) is 0.353. The van der Waals surface area contributed by atoms with E-state index in [1.807, 2.05) is 24.3 Å². The van der Waals surface area contributed by atoms with Crippen molar-refractivity contribution in [3.05, 3.63) is 54.1 Å². The summed E-state index contributed by atoms with van der Waals surface area (Å²) in [5, 5.41) is 3.18. The van der Waals surface area contributed by atoms with Crippen molar-refractivity contribution in [2.45, 2.75) is 31.2 Å². The van der Waals surface area contributed by atoms with Gasteiger partial charge in [-0.1, -0.05) is 25.0 Å². The Balaban J connectivity index is 1.90. The van der Waals surface area contributed by atoms with E-state index in [2.05, 4.69) is 15.3 Å². The van der Waals surface area contributed by atoms with Gasteiger partial charge in [0.15, 0.2) is 0 Å². The average molecular weight is 297 g/mol. The van der Waals surface area contributed by atoms with E-state index >= 15 is 0 Å². The molecule has 0 aliphatic heterocycles. The summed E-state index contributed by atoms with van der Waals surface area (Å²) in [6.45, 7) is 0. The Bertz CT molecular complexity index is 652. The Labute approximate surface area is 129 Å². The van der Waals surface area contributed by atoms with Crippen LogP contribution in [0.1, 0.15) is 41.7 Å². The third-order valence-electron chi connectivity index (χ3n) is 4.23. The van der Waals surface area contributed by atoms with Gasteiger partial charge in [-0.05, 0) is 30.5 Å². The maximum Gasteiger partial charge on any atom is 0.272 e. The van der Waals surface area contributed by atoms with Crippen LogP contribution in [0.3, 0.4) is 0 Å². The minimum Gasteiger partial charge on any atom is -0.497 e. The monoisotopic (exact) mass is 297 g/mol. The van der Waals surface area contributed by atoms with Crippen LogP contribution in [-0.2, 0) is 5.54 Å². The van der Waals surface area contributed by atoms with Crippen LogP contribution in [0.15, 0.2) is 42.9 Å². The van der Waals surface area contributed by atoms with Crippen molar-refractivity contribution in [2.75, 3.05) is 7.11 Å². The number of amides is 1. The SMILES string of the molecule is COc1cccc(C2(NC(=O)c3cnccn3)CCCC2)c1. The van der Waals surface area contributed by atoms with Gasteiger partial charge < -0.3 is 10.1 Å². The molecule has 1 heterocycles. The van der Waals surface area contributed by atoms with Crippen molar-refractivity contribution in [2.24, 2.45) is 0 Å². The van der Waals surface area contributed by atoms with Crippen LogP contribution in [0, 0.1) is 0 Å². The molecule has 1 aromatic heterocycles. The number of carbonyl (C=O) groups is 1. The minimum atomic E-state index is -0.344. The van der Waals surface area contributed by atoms with Gasteiger partial charge in [0.1, 0.15) is 11.4 Å². The van der Waals surface area contributed by atoms with Crippen LogP contribution in [0.5, 0.6) is 5.75 Å². The van der Waals surface area contributed by atoms with E-state index in [1.54, 1.807) is 13.3 Å². The lowest BCUT2D eigenvalue weighted by molar-refractivity contribution is 0.0892. The predicted octanol–water partition coefficient (Wildman–Crippen LogP) is 2.68. The highest BCUT2D eigenvalue weighted by atomic mass is 16.5. The van der Waals surface area contributed by atoms with E-state index in [-0.39, 0.29) is 11.4 Å². The van der Waals surface area contributed by atoms with Gasteiger partial charge in [0.25, 0.3) is 5.91 Å². The van der Waals surface area contributed by atoms with Crippen LogP contribution in [-0.4, -0.2) is 23.0 Å². The molecule has 3 rings (SSSR count). The smallest absolute Gasteiger partial charge is 0.272 e. The van der Waals surface area contributed by atoms with Gasteiger partial charge in [0.05, 0.1) is 18.8 Å². The summed E-state index contributed by atoms with van der Waals surface area (Å²) >= 11 is 0. The maximum atomic E-state index is 12.5. The number of nitrogens with zero attached hydrogens (tertiary/aromatic N) is 2. The molecule has 1 amide bonds. The lowest BCUT2D eigenvalue weighted by atomic mass is 9.87. The van der Waals surface area contributed by atoms with Crippen molar-refractivity contribution in [3.63, 3.8) is 0 Å². The highest BCUT2D eigenvalue weighted by Crippen LogP contribution is 2.39. The normalized spacial score (nSPS) is 16.2. The zero-order valence-electron chi connectivity index (χ0n) is 12.6. The van der Waals surface area contributed by atoms with Gasteiger partial charge in [0.2, 0.25) is 0 Å². The van der Waals surface area contributed by atoms with Gasteiger partial charge in [-0.3, -0.25) is 9.78 Å². The highest BCUT2D eigenvalue weighted by molar-refractivity contribution is 5.92. The van der Waals surface area contributed by atoms with E-state index < -0.39 is 0 Å². The molecule has 0 spiro atoms. The Kier molecular flexibility index (Phi) is 4.04. The third-order valence-corrected chi connectivity index (χ3v) is 4.23. The number of aromatic nitrogens is 2. The molecule has 5 nitrogen and oxygen atoms in total. The molecule has 0 radical (unpaired) electrons. The summed E-state index contributed by atoms with van der Waals surface area (Å²) in [5.74, 6) is 0.621. The highest BCUT2D eigenvalue weighted by Gasteiger charge is 2.37. The van der Waals surface area contributed by atoms with Gasteiger partial charge in [-0.15, -0.1) is 0 Å². The van der Waals surface area contributed by atoms with Crippen LogP contribution in [0.2, 0.25) is 0 Å². The van der Waals surface area contributed by atoms with Crippen LogP contribution >= 0.6 is 0 Å². The first kappa shape index (κ1) is 14.5. The first-order valence-electron chi connectivity index (χ1n) is 7.47. The largest absolute Gasteiger partial charge is 0.497 e. The molecule has 1 N–H and O–H groups in total. The van der Waals surface area contributed by atoms with Gasteiger partial charge in [-0.25, -0.2) is 4.98 Å². The fourth-order valence-electron chi connectivity index (χ4n) is 3.08. The standard InChI is InChI=1S/C17H19N3O2/c1-22-14-6-4-5-13(11-14)17(7-2-3-8-17)20-16(21)15-12-18-9-10-19-15/h4-6,9-12H,2-3,7-8H2,1H3,(H,20,21). The number of rotatable bonds is 4. The second kappa shape index (κ2) is 6.13. The molecule has 0 saturated heterocycles.